The van der Waals surface area contributed by atoms with Crippen molar-refractivity contribution < 1.29 is 14.8 Å². The Balaban J connectivity index is 2.84. The minimum Gasteiger partial charge on any atom is -0.394 e. The van der Waals surface area contributed by atoms with Gasteiger partial charge in [0.25, 0.3) is 5.91 Å². The summed E-state index contributed by atoms with van der Waals surface area (Å²) in [6.07, 6.45) is 0. The van der Waals surface area contributed by atoms with E-state index in [4.69, 9.17) is 5.11 Å². The van der Waals surface area contributed by atoms with Crippen LogP contribution in [0.15, 0.2) is 12.1 Å². The van der Waals surface area contributed by atoms with Crippen LogP contribution < -0.4 is 0 Å². The Morgan fingerprint density at radius 3 is 2.75 bits per heavy atom. The predicted molar refractivity (Wildman–Crippen MR) is 59.6 cm³/mol. The average molecular weight is 244 g/mol. The number of nitrogens with zero attached hydrogens (tertiary/aromatic N) is 2. The average Bonchev–Trinajstić information content (AvgIpc) is 2.75. The Labute approximate surface area is 96.3 Å². The standard InChI is InChI=1S/C9H12N2O4S/c1-6(5-12)10(2)9(13)7-3-4-8(16-7)11(14)15/h3-4,6,12H,5H2,1-2H3. The van der Waals surface area contributed by atoms with E-state index in [1.807, 2.05) is 0 Å². The van der Waals surface area contributed by atoms with Crippen LogP contribution in [0, 0.1) is 10.1 Å². The van der Waals surface area contributed by atoms with Crippen molar-refractivity contribution in [3.63, 3.8) is 0 Å². The maximum Gasteiger partial charge on any atom is 0.324 e. The molecule has 88 valence electrons. The Kier molecular flexibility index (Phi) is 3.97. The lowest BCUT2D eigenvalue weighted by molar-refractivity contribution is -0.380. The van der Waals surface area contributed by atoms with E-state index in [1.165, 1.54) is 17.0 Å². The van der Waals surface area contributed by atoms with Crippen LogP contribution in [-0.4, -0.2) is 40.5 Å². The topological polar surface area (TPSA) is 83.7 Å². The van der Waals surface area contributed by atoms with Crippen molar-refractivity contribution in [3.05, 3.63) is 27.1 Å². The number of hydrogen-bond acceptors (Lipinski definition) is 5. The molecule has 0 radical (unpaired) electrons. The second-order valence-electron chi connectivity index (χ2n) is 3.34. The van der Waals surface area contributed by atoms with Crippen LogP contribution in [0.1, 0.15) is 16.6 Å². The molecule has 0 aliphatic carbocycles. The van der Waals surface area contributed by atoms with Gasteiger partial charge in [-0.05, 0) is 13.0 Å². The Morgan fingerprint density at radius 2 is 2.31 bits per heavy atom. The summed E-state index contributed by atoms with van der Waals surface area (Å²) in [4.78, 5) is 23.4. The molecule has 0 fully saturated rings. The summed E-state index contributed by atoms with van der Waals surface area (Å²) >= 11 is 0.833. The molecule has 1 rings (SSSR count). The maximum absolute atomic E-state index is 11.8. The van der Waals surface area contributed by atoms with Gasteiger partial charge in [0, 0.05) is 13.1 Å². The molecular weight excluding hydrogens is 232 g/mol. The lowest BCUT2D eigenvalue weighted by Crippen LogP contribution is -2.36. The Hall–Kier alpha value is -1.47. The monoisotopic (exact) mass is 244 g/mol. The molecule has 16 heavy (non-hydrogen) atoms. The summed E-state index contributed by atoms with van der Waals surface area (Å²) < 4.78 is 0. The van der Waals surface area contributed by atoms with Crippen molar-refractivity contribution in [2.75, 3.05) is 13.7 Å². The van der Waals surface area contributed by atoms with Gasteiger partial charge in [-0.3, -0.25) is 14.9 Å². The van der Waals surface area contributed by atoms with Gasteiger partial charge in [-0.15, -0.1) is 0 Å². The first kappa shape index (κ1) is 12.6. The zero-order chi connectivity index (χ0) is 12.3. The quantitative estimate of drug-likeness (QED) is 0.635. The number of nitro groups is 1. The molecule has 0 spiro atoms. The number of aliphatic hydroxyl groups excluding tert-OH is 1. The van der Waals surface area contributed by atoms with Crippen molar-refractivity contribution in [3.8, 4) is 0 Å². The van der Waals surface area contributed by atoms with Crippen molar-refractivity contribution in [1.82, 2.24) is 4.90 Å². The number of thiophene rings is 1. The molecule has 0 saturated carbocycles. The molecule has 1 heterocycles. The second-order valence-corrected chi connectivity index (χ2v) is 4.40. The number of carbonyl (C=O) groups is 1. The van der Waals surface area contributed by atoms with Gasteiger partial charge in [0.2, 0.25) is 0 Å². The van der Waals surface area contributed by atoms with Crippen molar-refractivity contribution >= 4 is 22.2 Å². The first-order valence-corrected chi connectivity index (χ1v) is 5.41. The number of amides is 1. The molecule has 0 aliphatic rings. The highest BCUT2D eigenvalue weighted by Crippen LogP contribution is 2.25. The first-order chi connectivity index (χ1) is 7.47. The lowest BCUT2D eigenvalue weighted by atomic mass is 10.3. The van der Waals surface area contributed by atoms with E-state index < -0.39 is 4.92 Å². The fourth-order valence-corrected chi connectivity index (χ4v) is 1.84. The van der Waals surface area contributed by atoms with E-state index in [9.17, 15) is 14.9 Å². The van der Waals surface area contributed by atoms with Gasteiger partial charge in [0.1, 0.15) is 0 Å². The minimum absolute atomic E-state index is 0.0617. The number of likely N-dealkylation sites (N-methyl/N-ethyl adjacent to an activating group) is 1. The molecule has 0 aliphatic heterocycles. The lowest BCUT2D eigenvalue weighted by Gasteiger charge is -2.22. The van der Waals surface area contributed by atoms with Gasteiger partial charge >= 0.3 is 5.00 Å². The highest BCUT2D eigenvalue weighted by molar-refractivity contribution is 7.17. The van der Waals surface area contributed by atoms with Gasteiger partial charge in [-0.1, -0.05) is 11.3 Å². The highest BCUT2D eigenvalue weighted by Gasteiger charge is 2.21. The normalized spacial score (nSPS) is 12.2. The number of hydrogen-bond donors (Lipinski definition) is 1. The zero-order valence-electron chi connectivity index (χ0n) is 8.91. The molecule has 1 amide bonds. The maximum atomic E-state index is 11.8. The van der Waals surface area contributed by atoms with E-state index in [1.54, 1.807) is 14.0 Å². The molecule has 1 unspecified atom stereocenters. The zero-order valence-corrected chi connectivity index (χ0v) is 9.73. The van der Waals surface area contributed by atoms with E-state index in [-0.39, 0.29) is 23.6 Å². The Morgan fingerprint density at radius 1 is 1.69 bits per heavy atom. The molecule has 0 bridgehead atoms. The third-order valence-corrected chi connectivity index (χ3v) is 3.25. The van der Waals surface area contributed by atoms with Gasteiger partial charge in [0.15, 0.2) is 0 Å². The van der Waals surface area contributed by atoms with Crippen LogP contribution in [0.25, 0.3) is 0 Å². The highest BCUT2D eigenvalue weighted by atomic mass is 32.1. The first-order valence-electron chi connectivity index (χ1n) is 4.59. The smallest absolute Gasteiger partial charge is 0.324 e. The number of aliphatic hydroxyl groups is 1. The van der Waals surface area contributed by atoms with Crippen molar-refractivity contribution in [2.24, 2.45) is 0 Å². The molecule has 7 heteroatoms. The van der Waals surface area contributed by atoms with Crippen LogP contribution in [-0.2, 0) is 0 Å². The second kappa shape index (κ2) is 5.04. The summed E-state index contributed by atoms with van der Waals surface area (Å²) in [5.41, 5.74) is 0. The molecule has 1 aromatic rings. The van der Waals surface area contributed by atoms with Gasteiger partial charge in [0.05, 0.1) is 22.4 Å². The fourth-order valence-electron chi connectivity index (χ4n) is 1.04. The van der Waals surface area contributed by atoms with Crippen LogP contribution in [0.5, 0.6) is 0 Å². The third kappa shape index (κ3) is 2.56. The summed E-state index contributed by atoms with van der Waals surface area (Å²) in [5.74, 6) is -0.320. The van der Waals surface area contributed by atoms with Crippen LogP contribution >= 0.6 is 11.3 Å². The van der Waals surface area contributed by atoms with Crippen LogP contribution in [0.2, 0.25) is 0 Å². The van der Waals surface area contributed by atoms with Crippen molar-refractivity contribution in [1.29, 1.82) is 0 Å². The van der Waals surface area contributed by atoms with E-state index in [2.05, 4.69) is 0 Å². The fraction of sp³-hybridized carbons (Fsp3) is 0.444. The largest absolute Gasteiger partial charge is 0.394 e. The SMILES string of the molecule is CC(CO)N(C)C(=O)c1ccc([N+](=O)[O-])s1. The van der Waals surface area contributed by atoms with E-state index in [0.717, 1.165) is 11.3 Å². The number of rotatable bonds is 4. The van der Waals surface area contributed by atoms with E-state index >= 15 is 0 Å². The minimum atomic E-state index is -0.531. The van der Waals surface area contributed by atoms with Gasteiger partial charge in [-0.25, -0.2) is 0 Å². The van der Waals surface area contributed by atoms with Gasteiger partial charge < -0.3 is 10.0 Å². The molecule has 6 nitrogen and oxygen atoms in total. The molecular formula is C9H12N2O4S. The third-order valence-electron chi connectivity index (χ3n) is 2.23. The van der Waals surface area contributed by atoms with E-state index in [0.29, 0.717) is 4.88 Å². The summed E-state index contributed by atoms with van der Waals surface area (Å²) in [6.45, 7) is 1.55. The molecule has 1 N–H and O–H groups in total. The molecule has 1 atom stereocenters. The summed E-state index contributed by atoms with van der Waals surface area (Å²) in [6, 6.07) is 2.41. The molecule has 1 aromatic heterocycles. The number of carbonyl (C=O) groups excluding carboxylic acids is 1. The predicted octanol–water partition coefficient (Wildman–Crippen LogP) is 1.11. The molecule has 0 saturated heterocycles. The van der Waals surface area contributed by atoms with Crippen molar-refractivity contribution in [2.45, 2.75) is 13.0 Å². The summed E-state index contributed by atoms with van der Waals surface area (Å²) in [7, 11) is 1.55. The molecule has 0 aromatic carbocycles. The van der Waals surface area contributed by atoms with Crippen LogP contribution in [0.3, 0.4) is 0 Å². The van der Waals surface area contributed by atoms with Gasteiger partial charge in [-0.2, -0.15) is 0 Å². The van der Waals surface area contributed by atoms with Crippen LogP contribution in [0.4, 0.5) is 5.00 Å². The summed E-state index contributed by atoms with van der Waals surface area (Å²) in [5, 5.41) is 19.3. The Bertz CT molecular complexity index is 404.